The Morgan fingerprint density at radius 2 is 1.63 bits per heavy atom. The molecule has 2 amide bonds. The summed E-state index contributed by atoms with van der Waals surface area (Å²) in [6, 6.07) is 16.4. The van der Waals surface area contributed by atoms with E-state index < -0.39 is 17.6 Å². The van der Waals surface area contributed by atoms with Crippen LogP contribution in [0, 0.1) is 11.8 Å². The molecule has 1 saturated carbocycles. The van der Waals surface area contributed by atoms with E-state index in [0.29, 0.717) is 25.3 Å². The Morgan fingerprint density at radius 3 is 2.14 bits per heavy atom. The van der Waals surface area contributed by atoms with E-state index in [1.54, 1.807) is 7.05 Å². The van der Waals surface area contributed by atoms with E-state index in [9.17, 15) is 19.5 Å². The second kappa shape index (κ2) is 10.1. The Hall–Kier alpha value is -3.35. The van der Waals surface area contributed by atoms with E-state index in [1.165, 1.54) is 16.0 Å². The number of nitrogens with one attached hydrogen (secondary N) is 1. The number of carboxylic acids is 1. The molecule has 2 aromatic rings. The molecular weight excluding hydrogens is 444 g/mol. The van der Waals surface area contributed by atoms with Crippen molar-refractivity contribution in [2.45, 2.75) is 51.0 Å². The van der Waals surface area contributed by atoms with Crippen molar-refractivity contribution in [1.82, 2.24) is 10.2 Å². The molecule has 4 rings (SSSR count). The maximum Gasteiger partial charge on any atom is 0.407 e. The lowest BCUT2D eigenvalue weighted by atomic mass is 9.93. The van der Waals surface area contributed by atoms with E-state index in [1.807, 2.05) is 24.3 Å². The van der Waals surface area contributed by atoms with E-state index in [-0.39, 0.29) is 30.8 Å². The fourth-order valence-corrected chi connectivity index (χ4v) is 5.22. The number of amides is 2. The van der Waals surface area contributed by atoms with Crippen LogP contribution in [0.15, 0.2) is 48.5 Å². The number of benzene rings is 2. The van der Waals surface area contributed by atoms with Gasteiger partial charge in [0, 0.05) is 25.9 Å². The normalized spacial score (nSPS) is 16.2. The lowest BCUT2D eigenvalue weighted by Gasteiger charge is -2.27. The molecular formula is C28H34N2O5. The monoisotopic (exact) mass is 478 g/mol. The van der Waals surface area contributed by atoms with E-state index in [4.69, 9.17) is 4.74 Å². The first-order valence-corrected chi connectivity index (χ1v) is 12.3. The number of hydrogen-bond acceptors (Lipinski definition) is 4. The third-order valence-corrected chi connectivity index (χ3v) is 7.28. The van der Waals surface area contributed by atoms with Crippen LogP contribution in [0.4, 0.5) is 4.79 Å². The highest BCUT2D eigenvalue weighted by atomic mass is 16.5. The summed E-state index contributed by atoms with van der Waals surface area (Å²) in [6.07, 6.45) is 1.39. The number of hydrogen-bond donors (Lipinski definition) is 2. The Kier molecular flexibility index (Phi) is 7.15. The molecule has 0 heterocycles. The number of alkyl carbamates (subject to hydrolysis) is 1. The van der Waals surface area contributed by atoms with Gasteiger partial charge in [0.2, 0.25) is 5.91 Å². The van der Waals surface area contributed by atoms with E-state index in [2.05, 4.69) is 43.4 Å². The number of carboxylic acid groups (broad SMARTS) is 1. The summed E-state index contributed by atoms with van der Waals surface area (Å²) in [5.74, 6) is -0.942. The van der Waals surface area contributed by atoms with Crippen molar-refractivity contribution in [2.24, 2.45) is 11.8 Å². The first-order chi connectivity index (χ1) is 16.7. The summed E-state index contributed by atoms with van der Waals surface area (Å²) < 4.78 is 5.62. The number of fused-ring (bicyclic) bond motifs is 3. The molecule has 2 aromatic carbocycles. The van der Waals surface area contributed by atoms with Gasteiger partial charge in [0.1, 0.15) is 12.1 Å². The van der Waals surface area contributed by atoms with Gasteiger partial charge >= 0.3 is 12.1 Å². The first-order valence-electron chi connectivity index (χ1n) is 12.3. The maximum absolute atomic E-state index is 12.8. The number of carbonyl (C=O) groups is 3. The molecule has 0 spiro atoms. The van der Waals surface area contributed by atoms with E-state index >= 15 is 0 Å². The van der Waals surface area contributed by atoms with Crippen molar-refractivity contribution in [3.05, 3.63) is 59.7 Å². The maximum atomic E-state index is 12.8. The third-order valence-electron chi connectivity index (χ3n) is 7.28. The van der Waals surface area contributed by atoms with Crippen LogP contribution >= 0.6 is 0 Å². The molecule has 2 aliphatic rings. The van der Waals surface area contributed by atoms with Gasteiger partial charge in [-0.2, -0.15) is 0 Å². The van der Waals surface area contributed by atoms with Gasteiger partial charge in [-0.05, 0) is 53.4 Å². The minimum Gasteiger partial charge on any atom is -0.479 e. The molecule has 35 heavy (non-hydrogen) atoms. The largest absolute Gasteiger partial charge is 0.479 e. The van der Waals surface area contributed by atoms with Crippen molar-refractivity contribution < 1.29 is 24.2 Å². The molecule has 0 radical (unpaired) electrons. The molecule has 186 valence electrons. The molecule has 7 heteroatoms. The van der Waals surface area contributed by atoms with Crippen molar-refractivity contribution in [1.29, 1.82) is 0 Å². The van der Waals surface area contributed by atoms with Crippen LogP contribution in [0.5, 0.6) is 0 Å². The Balaban J connectivity index is 1.33. The number of nitrogens with zero attached hydrogens (tertiary/aromatic N) is 1. The van der Waals surface area contributed by atoms with Gasteiger partial charge in [0.25, 0.3) is 0 Å². The zero-order valence-electron chi connectivity index (χ0n) is 20.6. The number of carbonyl (C=O) groups excluding carboxylic acids is 2. The molecule has 0 bridgehead atoms. The molecule has 1 atom stereocenters. The number of rotatable bonds is 10. The zero-order chi connectivity index (χ0) is 25.2. The number of ether oxygens (including phenoxy) is 1. The standard InChI is InChI=1S/C28H34N2O5/c1-18(2)14-19(15-25(31)30(3)28(12-13-28)26(32)33)16-29-27(34)35-17-24-22-10-6-4-8-20(22)21-9-5-7-11-23(21)24/h4-11,18-19,24H,12-17H2,1-3H3,(H,29,34)(H,32,33). The minimum absolute atomic E-state index is 0.0133. The fraction of sp³-hybridized carbons (Fsp3) is 0.464. The summed E-state index contributed by atoms with van der Waals surface area (Å²) in [5, 5.41) is 12.3. The van der Waals surface area contributed by atoms with Crippen LogP contribution < -0.4 is 5.32 Å². The van der Waals surface area contributed by atoms with Crippen molar-refractivity contribution in [2.75, 3.05) is 20.2 Å². The molecule has 7 nitrogen and oxygen atoms in total. The SMILES string of the molecule is CC(C)CC(CNC(=O)OCC1c2ccccc2-c2ccccc21)CC(=O)N(C)C1(C(=O)O)CC1. The van der Waals surface area contributed by atoms with Gasteiger partial charge in [0.05, 0.1) is 0 Å². The van der Waals surface area contributed by atoms with Gasteiger partial charge in [-0.15, -0.1) is 0 Å². The molecule has 1 fully saturated rings. The smallest absolute Gasteiger partial charge is 0.407 e. The molecule has 1 unspecified atom stereocenters. The highest BCUT2D eigenvalue weighted by molar-refractivity contribution is 5.89. The quantitative estimate of drug-likeness (QED) is 0.518. The van der Waals surface area contributed by atoms with Crippen LogP contribution in [0.25, 0.3) is 11.1 Å². The van der Waals surface area contributed by atoms with Gasteiger partial charge in [-0.1, -0.05) is 62.4 Å². The molecule has 0 saturated heterocycles. The lowest BCUT2D eigenvalue weighted by molar-refractivity contribution is -0.151. The van der Waals surface area contributed by atoms with E-state index in [0.717, 1.165) is 17.5 Å². The van der Waals surface area contributed by atoms with Gasteiger partial charge in [-0.25, -0.2) is 9.59 Å². The van der Waals surface area contributed by atoms with Gasteiger partial charge < -0.3 is 20.1 Å². The van der Waals surface area contributed by atoms with Crippen LogP contribution in [0.2, 0.25) is 0 Å². The Morgan fingerprint density at radius 1 is 1.06 bits per heavy atom. The average molecular weight is 479 g/mol. The average Bonchev–Trinajstić information content (AvgIpc) is 3.59. The summed E-state index contributed by atoms with van der Waals surface area (Å²) in [6.45, 7) is 4.66. The number of likely N-dealkylation sites (N-methyl/N-ethyl adjacent to an activating group) is 1. The predicted octanol–water partition coefficient (Wildman–Crippen LogP) is 4.65. The second-order valence-electron chi connectivity index (χ2n) is 10.2. The predicted molar refractivity (Wildman–Crippen MR) is 133 cm³/mol. The Bertz CT molecular complexity index is 1060. The minimum atomic E-state index is -1.06. The Labute approximate surface area is 206 Å². The zero-order valence-corrected chi connectivity index (χ0v) is 20.6. The molecule has 0 aliphatic heterocycles. The summed E-state index contributed by atoms with van der Waals surface area (Å²) in [4.78, 5) is 38.4. The third kappa shape index (κ3) is 5.19. The fourth-order valence-electron chi connectivity index (χ4n) is 5.22. The summed E-state index contributed by atoms with van der Waals surface area (Å²) >= 11 is 0. The van der Waals surface area contributed by atoms with Gasteiger partial charge in [-0.3, -0.25) is 4.79 Å². The lowest BCUT2D eigenvalue weighted by Crippen LogP contribution is -2.45. The van der Waals surface area contributed by atoms with Crippen molar-refractivity contribution in [3.63, 3.8) is 0 Å². The molecule has 0 aromatic heterocycles. The first kappa shape index (κ1) is 24.8. The van der Waals surface area contributed by atoms with Crippen LogP contribution in [-0.2, 0) is 14.3 Å². The highest BCUT2D eigenvalue weighted by Crippen LogP contribution is 2.44. The molecule has 2 aliphatic carbocycles. The van der Waals surface area contributed by atoms with Gasteiger partial charge in [0.15, 0.2) is 0 Å². The summed E-state index contributed by atoms with van der Waals surface area (Å²) in [7, 11) is 1.56. The summed E-state index contributed by atoms with van der Waals surface area (Å²) in [5.41, 5.74) is 3.60. The number of aliphatic carboxylic acids is 1. The van der Waals surface area contributed by atoms with Crippen LogP contribution in [-0.4, -0.2) is 53.7 Å². The molecule has 2 N–H and O–H groups in total. The van der Waals surface area contributed by atoms with Crippen molar-refractivity contribution >= 4 is 18.0 Å². The highest BCUT2D eigenvalue weighted by Gasteiger charge is 2.55. The van der Waals surface area contributed by atoms with Crippen LogP contribution in [0.1, 0.15) is 56.6 Å². The topological polar surface area (TPSA) is 95.9 Å². The second-order valence-corrected chi connectivity index (χ2v) is 10.2. The van der Waals surface area contributed by atoms with Crippen LogP contribution in [0.3, 0.4) is 0 Å². The van der Waals surface area contributed by atoms with Crippen molar-refractivity contribution in [3.8, 4) is 11.1 Å².